The van der Waals surface area contributed by atoms with Crippen LogP contribution in [0.4, 0.5) is 18.9 Å². The van der Waals surface area contributed by atoms with Crippen LogP contribution in [0.5, 0.6) is 5.75 Å². The summed E-state index contributed by atoms with van der Waals surface area (Å²) in [6.45, 7) is 2.12. The first kappa shape index (κ1) is 24.1. The molecular formula is C28H24F3NO3. The number of anilines is 1. The van der Waals surface area contributed by atoms with Crippen molar-refractivity contribution in [1.29, 1.82) is 0 Å². The maximum atomic E-state index is 13.6. The molecule has 0 aromatic heterocycles. The average molecular weight is 479 g/mol. The van der Waals surface area contributed by atoms with Crippen molar-refractivity contribution in [2.24, 2.45) is 0 Å². The van der Waals surface area contributed by atoms with E-state index in [0.717, 1.165) is 23.3 Å². The van der Waals surface area contributed by atoms with E-state index in [1.807, 2.05) is 36.4 Å². The van der Waals surface area contributed by atoms with Gasteiger partial charge in [0.05, 0.1) is 17.7 Å². The Kier molecular flexibility index (Phi) is 6.96. The minimum Gasteiger partial charge on any atom is -0.488 e. The fourth-order valence-corrected chi connectivity index (χ4v) is 3.97. The average Bonchev–Trinajstić information content (AvgIpc) is 3.32. The largest absolute Gasteiger partial charge is 0.488 e. The van der Waals surface area contributed by atoms with E-state index in [1.54, 1.807) is 25.1 Å². The number of halogens is 3. The third kappa shape index (κ3) is 5.57. The molecule has 0 heterocycles. The molecule has 0 fully saturated rings. The van der Waals surface area contributed by atoms with Crippen LogP contribution in [0.25, 0.3) is 11.1 Å². The molecule has 4 rings (SSSR count). The predicted molar refractivity (Wildman–Crippen MR) is 130 cm³/mol. The number of ether oxygens (including phenoxy) is 2. The molecule has 0 saturated carbocycles. The maximum absolute atomic E-state index is 13.6. The number of alkyl halides is 3. The van der Waals surface area contributed by atoms with Crippen LogP contribution in [0.2, 0.25) is 0 Å². The first-order valence-corrected chi connectivity index (χ1v) is 11.1. The molecule has 180 valence electrons. The van der Waals surface area contributed by atoms with Crippen LogP contribution in [0.3, 0.4) is 0 Å². The number of nitrogen functional groups attached to an aromatic ring is 1. The normalized spacial score (nSPS) is 13.3. The Labute approximate surface area is 201 Å². The van der Waals surface area contributed by atoms with Crippen LogP contribution < -0.4 is 10.5 Å². The molecule has 0 radical (unpaired) electrons. The van der Waals surface area contributed by atoms with Crippen LogP contribution in [0, 0.1) is 0 Å². The van der Waals surface area contributed by atoms with E-state index < -0.39 is 17.7 Å². The minimum atomic E-state index is -4.51. The molecule has 0 unspecified atom stereocenters. The van der Waals surface area contributed by atoms with Gasteiger partial charge in [-0.2, -0.15) is 13.2 Å². The number of carbonyl (C=O) groups excluding carboxylic acids is 1. The Balaban J connectivity index is 1.80. The summed E-state index contributed by atoms with van der Waals surface area (Å²) < 4.78 is 51.8. The van der Waals surface area contributed by atoms with E-state index >= 15 is 0 Å². The van der Waals surface area contributed by atoms with Gasteiger partial charge >= 0.3 is 12.1 Å². The molecule has 4 nitrogen and oxygen atoms in total. The van der Waals surface area contributed by atoms with E-state index in [4.69, 9.17) is 15.2 Å². The van der Waals surface area contributed by atoms with E-state index in [-0.39, 0.29) is 18.8 Å². The quantitative estimate of drug-likeness (QED) is 0.295. The van der Waals surface area contributed by atoms with Gasteiger partial charge in [-0.25, -0.2) is 4.79 Å². The lowest BCUT2D eigenvalue weighted by Crippen LogP contribution is -2.07. The Hall–Kier alpha value is -4.00. The van der Waals surface area contributed by atoms with Crippen molar-refractivity contribution >= 4 is 22.8 Å². The van der Waals surface area contributed by atoms with Gasteiger partial charge in [0.25, 0.3) is 0 Å². The van der Waals surface area contributed by atoms with Crippen molar-refractivity contribution in [3.63, 3.8) is 0 Å². The Bertz CT molecular complexity index is 1290. The highest BCUT2D eigenvalue weighted by Gasteiger charge is 2.32. The molecule has 3 aromatic carbocycles. The molecule has 0 spiro atoms. The third-order valence-electron chi connectivity index (χ3n) is 5.58. The summed E-state index contributed by atoms with van der Waals surface area (Å²) in [5, 5.41) is 0. The number of carbonyl (C=O) groups is 1. The lowest BCUT2D eigenvalue weighted by Gasteiger charge is -2.17. The highest BCUT2D eigenvalue weighted by Crippen LogP contribution is 2.42. The summed E-state index contributed by atoms with van der Waals surface area (Å²) in [4.78, 5) is 12.3. The zero-order valence-corrected chi connectivity index (χ0v) is 19.1. The number of benzene rings is 3. The minimum absolute atomic E-state index is 0.205. The fourth-order valence-electron chi connectivity index (χ4n) is 3.97. The first-order chi connectivity index (χ1) is 16.8. The van der Waals surface area contributed by atoms with Gasteiger partial charge in [-0.1, -0.05) is 42.5 Å². The summed E-state index contributed by atoms with van der Waals surface area (Å²) in [6.07, 6.45) is -0.411. The Morgan fingerprint density at radius 1 is 1.03 bits per heavy atom. The van der Waals surface area contributed by atoms with Crippen LogP contribution in [-0.2, 0) is 17.5 Å². The topological polar surface area (TPSA) is 61.5 Å². The van der Waals surface area contributed by atoms with E-state index in [9.17, 15) is 18.0 Å². The smallest absolute Gasteiger partial charge is 0.416 e. The van der Waals surface area contributed by atoms with Gasteiger partial charge in [0.15, 0.2) is 0 Å². The number of hydrogen-bond acceptors (Lipinski definition) is 4. The zero-order valence-electron chi connectivity index (χ0n) is 19.1. The summed E-state index contributed by atoms with van der Waals surface area (Å²) in [5.74, 6) is -0.185. The van der Waals surface area contributed by atoms with Gasteiger partial charge < -0.3 is 15.2 Å². The maximum Gasteiger partial charge on any atom is 0.416 e. The number of rotatable bonds is 7. The van der Waals surface area contributed by atoms with Crippen LogP contribution in [-0.4, -0.2) is 12.6 Å². The van der Waals surface area contributed by atoms with Gasteiger partial charge in [0.1, 0.15) is 12.4 Å². The van der Waals surface area contributed by atoms with Crippen molar-refractivity contribution in [1.82, 2.24) is 0 Å². The first-order valence-electron chi connectivity index (χ1n) is 11.1. The Morgan fingerprint density at radius 3 is 2.51 bits per heavy atom. The summed E-state index contributed by atoms with van der Waals surface area (Å²) in [5.41, 5.74) is 9.09. The van der Waals surface area contributed by atoms with E-state index in [2.05, 4.69) is 0 Å². The summed E-state index contributed by atoms with van der Waals surface area (Å²) >= 11 is 0. The fraction of sp³-hybridized carbons (Fsp3) is 0.179. The molecule has 1 aliphatic carbocycles. The number of allylic oxidation sites excluding steroid dienone is 4. The van der Waals surface area contributed by atoms with Gasteiger partial charge in [0.2, 0.25) is 0 Å². The molecule has 35 heavy (non-hydrogen) atoms. The zero-order chi connectivity index (χ0) is 25.0. The molecular weight excluding hydrogens is 455 g/mol. The van der Waals surface area contributed by atoms with Crippen LogP contribution in [0.1, 0.15) is 46.0 Å². The Morgan fingerprint density at radius 2 is 1.80 bits per heavy atom. The second-order valence-corrected chi connectivity index (χ2v) is 8.05. The lowest BCUT2D eigenvalue weighted by atomic mass is 9.93. The number of hydrogen-bond donors (Lipinski definition) is 1. The molecule has 1 aliphatic rings. The van der Waals surface area contributed by atoms with Crippen molar-refractivity contribution in [3.05, 3.63) is 107 Å². The third-order valence-corrected chi connectivity index (χ3v) is 5.58. The van der Waals surface area contributed by atoms with Gasteiger partial charge in [-0.3, -0.25) is 0 Å². The van der Waals surface area contributed by atoms with Crippen molar-refractivity contribution in [2.45, 2.75) is 26.1 Å². The van der Waals surface area contributed by atoms with Crippen LogP contribution >= 0.6 is 0 Å². The van der Waals surface area contributed by atoms with Crippen molar-refractivity contribution in [2.75, 3.05) is 12.3 Å². The lowest BCUT2D eigenvalue weighted by molar-refractivity contribution is -0.137. The second kappa shape index (κ2) is 10.1. The molecule has 7 heteroatoms. The molecule has 0 saturated heterocycles. The highest BCUT2D eigenvalue weighted by atomic mass is 19.4. The van der Waals surface area contributed by atoms with Crippen molar-refractivity contribution in [3.8, 4) is 5.75 Å². The summed E-state index contributed by atoms with van der Waals surface area (Å²) in [6, 6.07) is 17.7. The standard InChI is InChI=1S/C28H24F3NO3/c1-2-34-27(33)20-13-19(14-22(32)15-20)23-9-6-10-24(23)25-16-21(28(29,30)31)11-12-26(25)35-17-18-7-4-3-5-8-18/h3-8,10-16H,2,9,17,32H2,1H3. The van der Waals surface area contributed by atoms with Gasteiger partial charge in [-0.05, 0) is 72.0 Å². The molecule has 0 atom stereocenters. The molecule has 0 aliphatic heterocycles. The summed E-state index contributed by atoms with van der Waals surface area (Å²) in [7, 11) is 0. The molecule has 0 bridgehead atoms. The van der Waals surface area contributed by atoms with Gasteiger partial charge in [0, 0.05) is 11.3 Å². The molecule has 2 N–H and O–H groups in total. The monoisotopic (exact) mass is 479 g/mol. The van der Waals surface area contributed by atoms with Crippen molar-refractivity contribution < 1.29 is 27.4 Å². The van der Waals surface area contributed by atoms with Gasteiger partial charge in [-0.15, -0.1) is 0 Å². The second-order valence-electron chi connectivity index (χ2n) is 8.05. The number of nitrogens with two attached hydrogens (primary N) is 1. The van der Waals surface area contributed by atoms with Crippen LogP contribution in [0.15, 0.2) is 78.9 Å². The van der Waals surface area contributed by atoms with E-state index in [0.29, 0.717) is 34.6 Å². The predicted octanol–water partition coefficient (Wildman–Crippen LogP) is 6.91. The van der Waals surface area contributed by atoms with E-state index in [1.165, 1.54) is 12.1 Å². The molecule has 3 aromatic rings. The number of esters is 1. The molecule has 0 amide bonds. The highest BCUT2D eigenvalue weighted by molar-refractivity contribution is 6.02. The SMILES string of the molecule is CCOC(=O)c1cc(N)cc(C2=C(c3cc(C(F)(F)F)ccc3OCc3ccccc3)C=CC2)c1.